The van der Waals surface area contributed by atoms with Gasteiger partial charge in [-0.3, -0.25) is 9.59 Å². The fourth-order valence-electron chi connectivity index (χ4n) is 1.80. The van der Waals surface area contributed by atoms with E-state index in [2.05, 4.69) is 5.32 Å². The van der Waals surface area contributed by atoms with E-state index in [0.29, 0.717) is 17.9 Å². The summed E-state index contributed by atoms with van der Waals surface area (Å²) in [7, 11) is 1.45. The van der Waals surface area contributed by atoms with Crippen LogP contribution in [0, 0.1) is 0 Å². The summed E-state index contributed by atoms with van der Waals surface area (Å²) in [6, 6.07) is 6.63. The van der Waals surface area contributed by atoms with Gasteiger partial charge in [0, 0.05) is 0 Å². The molecule has 1 aromatic carbocycles. The first kappa shape index (κ1) is 19.5. The fraction of sp³-hybridized carbons (Fsp3) is 0.471. The quantitative estimate of drug-likeness (QED) is 0.545. The van der Waals surface area contributed by atoms with Crippen molar-refractivity contribution in [1.82, 2.24) is 5.32 Å². The molecule has 1 atom stereocenters. The normalized spacial score (nSPS) is 11.3. The van der Waals surface area contributed by atoms with E-state index in [1.165, 1.54) is 14.0 Å². The molecule has 0 bridgehead atoms. The van der Waals surface area contributed by atoms with Crippen LogP contribution in [0.25, 0.3) is 0 Å². The second kappa shape index (κ2) is 10.3. The van der Waals surface area contributed by atoms with E-state index in [-0.39, 0.29) is 6.54 Å². The lowest BCUT2D eigenvalue weighted by atomic mass is 10.2. The highest BCUT2D eigenvalue weighted by Crippen LogP contribution is 2.16. The monoisotopic (exact) mass is 337 g/mol. The number of para-hydroxylation sites is 1. The lowest BCUT2D eigenvalue weighted by Crippen LogP contribution is -2.34. The van der Waals surface area contributed by atoms with Crippen LogP contribution in [0.2, 0.25) is 0 Å². The van der Waals surface area contributed by atoms with Crippen molar-refractivity contribution in [3.05, 3.63) is 29.8 Å². The van der Waals surface area contributed by atoms with Crippen molar-refractivity contribution < 1.29 is 28.6 Å². The molecule has 1 rings (SSSR count). The van der Waals surface area contributed by atoms with Gasteiger partial charge in [0.05, 0.1) is 19.3 Å². The molecule has 1 N–H and O–H groups in total. The molecule has 0 aliphatic heterocycles. The first-order valence-electron chi connectivity index (χ1n) is 7.76. The van der Waals surface area contributed by atoms with Crippen molar-refractivity contribution in [2.75, 3.05) is 20.3 Å². The molecule has 0 saturated carbocycles. The number of hydrogen-bond donors (Lipinski definition) is 1. The largest absolute Gasteiger partial charge is 0.496 e. The summed E-state index contributed by atoms with van der Waals surface area (Å²) in [5.74, 6) is -1.40. The van der Waals surface area contributed by atoms with Gasteiger partial charge in [-0.1, -0.05) is 25.5 Å². The second-order valence-corrected chi connectivity index (χ2v) is 5.04. The molecule has 0 aromatic heterocycles. The molecule has 24 heavy (non-hydrogen) atoms. The van der Waals surface area contributed by atoms with Crippen molar-refractivity contribution in [3.8, 4) is 5.75 Å². The molecule has 0 aliphatic carbocycles. The van der Waals surface area contributed by atoms with Gasteiger partial charge in [0.1, 0.15) is 12.3 Å². The van der Waals surface area contributed by atoms with Crippen LogP contribution in [0.1, 0.15) is 37.0 Å². The van der Waals surface area contributed by atoms with Crippen LogP contribution < -0.4 is 10.1 Å². The molecule has 0 heterocycles. The molecular formula is C17H23NO6. The second-order valence-electron chi connectivity index (χ2n) is 5.04. The van der Waals surface area contributed by atoms with Crippen molar-refractivity contribution in [3.63, 3.8) is 0 Å². The maximum absolute atomic E-state index is 12.0. The van der Waals surface area contributed by atoms with Crippen LogP contribution in [0.3, 0.4) is 0 Å². The Morgan fingerprint density at radius 1 is 1.21 bits per heavy atom. The lowest BCUT2D eigenvalue weighted by molar-refractivity contribution is -0.166. The van der Waals surface area contributed by atoms with Gasteiger partial charge in [0.2, 0.25) is 0 Å². The standard InChI is InChI=1S/C17H23NO6/c1-4-5-10-23-17(21)12(2)24-15(19)11-18-16(20)13-8-6-7-9-14(13)22-3/h6-9,12H,4-5,10-11H2,1-3H3,(H,18,20)/t12-/m1/s1. The van der Waals surface area contributed by atoms with Crippen LogP contribution in [0.5, 0.6) is 5.75 Å². The van der Waals surface area contributed by atoms with E-state index in [4.69, 9.17) is 14.2 Å². The Morgan fingerprint density at radius 2 is 1.92 bits per heavy atom. The molecule has 132 valence electrons. The highest BCUT2D eigenvalue weighted by atomic mass is 16.6. The third-order valence-electron chi connectivity index (χ3n) is 3.13. The van der Waals surface area contributed by atoms with E-state index in [1.54, 1.807) is 24.3 Å². The Kier molecular flexibility index (Phi) is 8.32. The van der Waals surface area contributed by atoms with E-state index in [1.807, 2.05) is 6.92 Å². The lowest BCUT2D eigenvalue weighted by Gasteiger charge is -2.13. The number of hydrogen-bond acceptors (Lipinski definition) is 6. The summed E-state index contributed by atoms with van der Waals surface area (Å²) in [6.45, 7) is 3.33. The average Bonchev–Trinajstić information content (AvgIpc) is 2.59. The summed E-state index contributed by atoms with van der Waals surface area (Å²) in [5.41, 5.74) is 0.305. The molecule has 7 nitrogen and oxygen atoms in total. The van der Waals surface area contributed by atoms with Gasteiger partial charge in [0.15, 0.2) is 6.10 Å². The van der Waals surface area contributed by atoms with E-state index < -0.39 is 23.9 Å². The van der Waals surface area contributed by atoms with E-state index in [0.717, 1.165) is 12.8 Å². The number of unbranched alkanes of at least 4 members (excludes halogenated alkanes) is 1. The number of nitrogens with one attached hydrogen (secondary N) is 1. The number of ether oxygens (including phenoxy) is 3. The summed E-state index contributed by atoms with van der Waals surface area (Å²) < 4.78 is 15.0. The number of amides is 1. The Balaban J connectivity index is 2.42. The Hall–Kier alpha value is -2.57. The van der Waals surface area contributed by atoms with Crippen molar-refractivity contribution in [1.29, 1.82) is 0 Å². The van der Waals surface area contributed by atoms with Gasteiger partial charge < -0.3 is 19.5 Å². The first-order valence-corrected chi connectivity index (χ1v) is 7.76. The summed E-state index contributed by atoms with van der Waals surface area (Å²) >= 11 is 0. The van der Waals surface area contributed by atoms with Gasteiger partial charge in [-0.25, -0.2) is 4.79 Å². The molecule has 0 aliphatic rings. The Labute approximate surface area is 141 Å². The number of benzene rings is 1. The maximum atomic E-state index is 12.0. The van der Waals surface area contributed by atoms with Crippen molar-refractivity contribution in [2.45, 2.75) is 32.8 Å². The van der Waals surface area contributed by atoms with Crippen LogP contribution in [0.4, 0.5) is 0 Å². The summed E-state index contributed by atoms with van der Waals surface area (Å²) in [4.78, 5) is 35.3. The molecule has 0 saturated heterocycles. The Bertz CT molecular complexity index is 572. The minimum Gasteiger partial charge on any atom is -0.496 e. The summed E-state index contributed by atoms with van der Waals surface area (Å²) in [5, 5.41) is 2.42. The molecular weight excluding hydrogens is 314 g/mol. The average molecular weight is 337 g/mol. The number of carbonyl (C=O) groups is 3. The van der Waals surface area contributed by atoms with Crippen LogP contribution in [-0.2, 0) is 19.1 Å². The van der Waals surface area contributed by atoms with Crippen molar-refractivity contribution >= 4 is 17.8 Å². The van der Waals surface area contributed by atoms with Gasteiger partial charge in [0.25, 0.3) is 5.91 Å². The molecule has 7 heteroatoms. The third kappa shape index (κ3) is 6.28. The molecule has 0 radical (unpaired) electrons. The predicted octanol–water partition coefficient (Wildman–Crippen LogP) is 1.70. The topological polar surface area (TPSA) is 90.9 Å². The van der Waals surface area contributed by atoms with Crippen LogP contribution >= 0.6 is 0 Å². The van der Waals surface area contributed by atoms with Gasteiger partial charge >= 0.3 is 11.9 Å². The predicted molar refractivity (Wildman–Crippen MR) is 86.7 cm³/mol. The zero-order chi connectivity index (χ0) is 17.9. The Morgan fingerprint density at radius 3 is 2.58 bits per heavy atom. The summed E-state index contributed by atoms with van der Waals surface area (Å²) in [6.07, 6.45) is 0.634. The number of methoxy groups -OCH3 is 1. The zero-order valence-corrected chi connectivity index (χ0v) is 14.2. The highest BCUT2D eigenvalue weighted by molar-refractivity contribution is 5.98. The van der Waals surface area contributed by atoms with Gasteiger partial charge in [-0.05, 0) is 25.5 Å². The molecule has 0 fully saturated rings. The van der Waals surface area contributed by atoms with Gasteiger partial charge in [-0.15, -0.1) is 0 Å². The highest BCUT2D eigenvalue weighted by Gasteiger charge is 2.20. The van der Waals surface area contributed by atoms with E-state index >= 15 is 0 Å². The van der Waals surface area contributed by atoms with Crippen LogP contribution in [-0.4, -0.2) is 44.2 Å². The molecule has 1 amide bonds. The maximum Gasteiger partial charge on any atom is 0.347 e. The van der Waals surface area contributed by atoms with Crippen molar-refractivity contribution in [2.24, 2.45) is 0 Å². The number of carbonyl (C=O) groups excluding carboxylic acids is 3. The zero-order valence-electron chi connectivity index (χ0n) is 14.2. The minimum atomic E-state index is -1.02. The third-order valence-corrected chi connectivity index (χ3v) is 3.13. The van der Waals surface area contributed by atoms with Gasteiger partial charge in [-0.2, -0.15) is 0 Å². The number of esters is 2. The van der Waals surface area contributed by atoms with Crippen LogP contribution in [0.15, 0.2) is 24.3 Å². The smallest absolute Gasteiger partial charge is 0.347 e. The molecule has 0 spiro atoms. The SMILES string of the molecule is CCCCOC(=O)[C@@H](C)OC(=O)CNC(=O)c1ccccc1OC. The molecule has 0 unspecified atom stereocenters. The van der Waals surface area contributed by atoms with E-state index in [9.17, 15) is 14.4 Å². The molecule has 1 aromatic rings. The number of rotatable bonds is 9. The fourth-order valence-corrected chi connectivity index (χ4v) is 1.80. The first-order chi connectivity index (χ1) is 11.5. The minimum absolute atomic E-state index is 0.293.